The summed E-state index contributed by atoms with van der Waals surface area (Å²) >= 11 is 0. The highest BCUT2D eigenvalue weighted by molar-refractivity contribution is 5.85. The molecule has 1 aromatic carbocycles. The average Bonchev–Trinajstić information content (AvgIpc) is 2.45. The van der Waals surface area contributed by atoms with Gasteiger partial charge < -0.3 is 15.2 Å². The summed E-state index contributed by atoms with van der Waals surface area (Å²) in [5, 5.41) is 20.2. The number of fused-ring (bicyclic) bond motifs is 1. The minimum Gasteiger partial charge on any atom is -0.506 e. The smallest absolute Gasteiger partial charge is 0.139 e. The fourth-order valence-electron chi connectivity index (χ4n) is 1.76. The molecule has 0 spiro atoms. The summed E-state index contributed by atoms with van der Waals surface area (Å²) < 4.78 is 0. The van der Waals surface area contributed by atoms with Crippen LogP contribution in [0.3, 0.4) is 0 Å². The quantitative estimate of drug-likeness (QED) is 0.703. The summed E-state index contributed by atoms with van der Waals surface area (Å²) in [6.45, 7) is 3.52. The molecule has 1 heterocycles. The van der Waals surface area contributed by atoms with E-state index in [1.54, 1.807) is 26.0 Å². The van der Waals surface area contributed by atoms with Crippen LogP contribution < -0.4 is 0 Å². The molecule has 3 nitrogen and oxygen atoms in total. The first-order valence-electron chi connectivity index (χ1n) is 4.98. The second kappa shape index (κ2) is 3.28. The number of hydrogen-bond donors (Lipinski definition) is 3. The number of para-hydroxylation sites is 1. The Bertz CT molecular complexity index is 480. The van der Waals surface area contributed by atoms with Crippen LogP contribution in [0.4, 0.5) is 0 Å². The largest absolute Gasteiger partial charge is 0.506 e. The van der Waals surface area contributed by atoms with E-state index in [4.69, 9.17) is 0 Å². The molecule has 0 saturated carbocycles. The minimum atomic E-state index is -0.740. The normalized spacial score (nSPS) is 12.2. The van der Waals surface area contributed by atoms with Gasteiger partial charge in [0.15, 0.2) is 0 Å². The van der Waals surface area contributed by atoms with Crippen molar-refractivity contribution in [1.29, 1.82) is 0 Å². The lowest BCUT2D eigenvalue weighted by Gasteiger charge is -2.15. The number of hydrogen-bond acceptors (Lipinski definition) is 2. The lowest BCUT2D eigenvalue weighted by molar-refractivity contribution is 0.0801. The third-order valence-corrected chi connectivity index (χ3v) is 2.31. The van der Waals surface area contributed by atoms with Crippen LogP contribution in [0, 0.1) is 0 Å². The maximum absolute atomic E-state index is 9.68. The van der Waals surface area contributed by atoms with Gasteiger partial charge in [0.25, 0.3) is 0 Å². The lowest BCUT2D eigenvalue weighted by atomic mass is 10.0. The van der Waals surface area contributed by atoms with E-state index < -0.39 is 5.60 Å². The van der Waals surface area contributed by atoms with E-state index in [1.807, 2.05) is 12.1 Å². The highest BCUT2D eigenvalue weighted by atomic mass is 16.3. The van der Waals surface area contributed by atoms with E-state index in [0.29, 0.717) is 6.42 Å². The number of nitrogens with one attached hydrogen (secondary N) is 1. The Morgan fingerprint density at radius 3 is 2.67 bits per heavy atom. The Morgan fingerprint density at radius 2 is 2.07 bits per heavy atom. The molecular formula is C12H15NO2. The van der Waals surface area contributed by atoms with Crippen molar-refractivity contribution in [2.75, 3.05) is 0 Å². The second-order valence-corrected chi connectivity index (χ2v) is 4.53. The second-order valence-electron chi connectivity index (χ2n) is 4.53. The van der Waals surface area contributed by atoms with Gasteiger partial charge in [-0.15, -0.1) is 0 Å². The molecule has 3 heteroatoms. The average molecular weight is 205 g/mol. The number of aliphatic hydroxyl groups is 1. The molecule has 0 radical (unpaired) electrons. The van der Waals surface area contributed by atoms with Crippen molar-refractivity contribution >= 4 is 10.9 Å². The zero-order valence-corrected chi connectivity index (χ0v) is 8.91. The van der Waals surface area contributed by atoms with E-state index in [2.05, 4.69) is 4.98 Å². The number of phenols is 1. The summed E-state index contributed by atoms with van der Waals surface area (Å²) in [6.07, 6.45) is 0.543. The first-order valence-corrected chi connectivity index (χ1v) is 4.98. The molecular weight excluding hydrogens is 190 g/mol. The van der Waals surface area contributed by atoms with Crippen LogP contribution in [0.1, 0.15) is 19.5 Å². The molecule has 0 aliphatic heterocycles. The van der Waals surface area contributed by atoms with E-state index in [9.17, 15) is 10.2 Å². The number of phenolic OH excluding ortho intramolecular Hbond substituents is 1. The van der Waals surface area contributed by atoms with Crippen LogP contribution in [-0.4, -0.2) is 20.8 Å². The molecule has 0 bridgehead atoms. The molecule has 15 heavy (non-hydrogen) atoms. The standard InChI is InChI=1S/C12H15NO2/c1-12(2,15)7-9-6-8-4-3-5-10(14)11(8)13-9/h3-6,13-15H,7H2,1-2H3. The predicted molar refractivity (Wildman–Crippen MR) is 60.0 cm³/mol. The van der Waals surface area contributed by atoms with Crippen LogP contribution >= 0.6 is 0 Å². The number of benzene rings is 1. The Morgan fingerprint density at radius 1 is 1.33 bits per heavy atom. The zero-order valence-electron chi connectivity index (χ0n) is 8.91. The molecule has 0 amide bonds. The Hall–Kier alpha value is -1.48. The van der Waals surface area contributed by atoms with Crippen LogP contribution in [0.5, 0.6) is 5.75 Å². The van der Waals surface area contributed by atoms with Gasteiger partial charge in [0.2, 0.25) is 0 Å². The first kappa shape index (κ1) is 10.1. The van der Waals surface area contributed by atoms with Crippen molar-refractivity contribution in [3.63, 3.8) is 0 Å². The molecule has 0 saturated heterocycles. The van der Waals surface area contributed by atoms with Crippen molar-refractivity contribution in [3.8, 4) is 5.75 Å². The molecule has 0 atom stereocenters. The fourth-order valence-corrected chi connectivity index (χ4v) is 1.76. The van der Waals surface area contributed by atoms with Gasteiger partial charge in [-0.1, -0.05) is 12.1 Å². The lowest BCUT2D eigenvalue weighted by Crippen LogP contribution is -2.21. The topological polar surface area (TPSA) is 56.2 Å². The third kappa shape index (κ3) is 2.13. The first-order chi connectivity index (χ1) is 6.96. The predicted octanol–water partition coefficient (Wildman–Crippen LogP) is 2.19. The van der Waals surface area contributed by atoms with Gasteiger partial charge in [0.1, 0.15) is 5.75 Å². The number of aromatic hydroxyl groups is 1. The molecule has 80 valence electrons. The van der Waals surface area contributed by atoms with Gasteiger partial charge >= 0.3 is 0 Å². The summed E-state index contributed by atoms with van der Waals surface area (Å²) in [5.41, 5.74) is 0.923. The van der Waals surface area contributed by atoms with E-state index in [1.165, 1.54) is 0 Å². The molecule has 0 unspecified atom stereocenters. The van der Waals surface area contributed by atoms with Gasteiger partial charge in [0.05, 0.1) is 11.1 Å². The summed E-state index contributed by atoms with van der Waals surface area (Å²) in [6, 6.07) is 7.33. The Balaban J connectivity index is 2.44. The van der Waals surface area contributed by atoms with E-state index >= 15 is 0 Å². The maximum atomic E-state index is 9.68. The zero-order chi connectivity index (χ0) is 11.1. The minimum absolute atomic E-state index is 0.245. The highest BCUT2D eigenvalue weighted by Gasteiger charge is 2.15. The fraction of sp³-hybridized carbons (Fsp3) is 0.333. The molecule has 2 aromatic rings. The van der Waals surface area contributed by atoms with Gasteiger partial charge in [-0.3, -0.25) is 0 Å². The SMILES string of the molecule is CC(C)(O)Cc1cc2cccc(O)c2[nH]1. The third-order valence-electron chi connectivity index (χ3n) is 2.31. The summed E-state index contributed by atoms with van der Waals surface area (Å²) in [4.78, 5) is 3.11. The van der Waals surface area contributed by atoms with Crippen LogP contribution in [0.2, 0.25) is 0 Å². The van der Waals surface area contributed by atoms with Crippen molar-refractivity contribution in [1.82, 2.24) is 4.98 Å². The van der Waals surface area contributed by atoms with Crippen molar-refractivity contribution in [2.45, 2.75) is 25.9 Å². The number of rotatable bonds is 2. The summed E-state index contributed by atoms with van der Waals surface area (Å²) in [5.74, 6) is 0.245. The molecule has 1 aromatic heterocycles. The maximum Gasteiger partial charge on any atom is 0.139 e. The van der Waals surface area contributed by atoms with Crippen molar-refractivity contribution in [3.05, 3.63) is 30.0 Å². The Labute approximate surface area is 88.4 Å². The monoisotopic (exact) mass is 205 g/mol. The van der Waals surface area contributed by atoms with E-state index in [0.717, 1.165) is 16.6 Å². The number of aromatic amines is 1. The molecule has 3 N–H and O–H groups in total. The van der Waals surface area contributed by atoms with Crippen LogP contribution in [-0.2, 0) is 6.42 Å². The molecule has 2 rings (SSSR count). The van der Waals surface area contributed by atoms with Crippen LogP contribution in [0.15, 0.2) is 24.3 Å². The van der Waals surface area contributed by atoms with Crippen molar-refractivity contribution in [2.24, 2.45) is 0 Å². The Kier molecular flexibility index (Phi) is 2.20. The van der Waals surface area contributed by atoms with Gasteiger partial charge in [0, 0.05) is 17.5 Å². The van der Waals surface area contributed by atoms with Gasteiger partial charge in [-0.25, -0.2) is 0 Å². The van der Waals surface area contributed by atoms with Crippen molar-refractivity contribution < 1.29 is 10.2 Å². The van der Waals surface area contributed by atoms with Crippen LogP contribution in [0.25, 0.3) is 10.9 Å². The molecule has 0 aliphatic rings. The van der Waals surface area contributed by atoms with E-state index in [-0.39, 0.29) is 5.75 Å². The summed E-state index contributed by atoms with van der Waals surface area (Å²) in [7, 11) is 0. The molecule has 0 aliphatic carbocycles. The van der Waals surface area contributed by atoms with Gasteiger partial charge in [-0.2, -0.15) is 0 Å². The highest BCUT2D eigenvalue weighted by Crippen LogP contribution is 2.25. The number of H-pyrrole nitrogens is 1. The van der Waals surface area contributed by atoms with Gasteiger partial charge in [-0.05, 0) is 26.0 Å². The number of aromatic nitrogens is 1. The molecule has 0 fully saturated rings.